The Bertz CT molecular complexity index is 530. The first kappa shape index (κ1) is 14.1. The van der Waals surface area contributed by atoms with Crippen molar-refractivity contribution in [1.29, 1.82) is 5.26 Å². The molecule has 110 valence electrons. The topological polar surface area (TPSA) is 56.1 Å². The zero-order valence-electron chi connectivity index (χ0n) is 12.2. The average molecular weight is 283 g/mol. The molecule has 1 aliphatic heterocycles. The first-order valence-corrected chi connectivity index (χ1v) is 7.72. The van der Waals surface area contributed by atoms with Gasteiger partial charge >= 0.3 is 0 Å². The number of carbonyl (C=O) groups is 1. The fourth-order valence-corrected chi connectivity index (χ4v) is 3.40. The highest BCUT2D eigenvalue weighted by atomic mass is 16.1. The monoisotopic (exact) mass is 283 g/mol. The molecule has 1 heterocycles. The van der Waals surface area contributed by atoms with Gasteiger partial charge in [-0.3, -0.25) is 9.69 Å². The number of nitrogens with one attached hydrogen (secondary N) is 1. The molecule has 4 heteroatoms. The molecule has 0 saturated carbocycles. The molecule has 1 saturated heterocycles. The highest BCUT2D eigenvalue weighted by molar-refractivity contribution is 5.80. The second-order valence-electron chi connectivity index (χ2n) is 6.09. The van der Waals surface area contributed by atoms with E-state index in [1.54, 1.807) is 0 Å². The molecule has 0 unspecified atom stereocenters. The van der Waals surface area contributed by atoms with Gasteiger partial charge < -0.3 is 5.32 Å². The summed E-state index contributed by atoms with van der Waals surface area (Å²) < 4.78 is 0. The number of carbonyl (C=O) groups excluding carboxylic acids is 1. The number of amides is 1. The van der Waals surface area contributed by atoms with E-state index in [9.17, 15) is 4.79 Å². The van der Waals surface area contributed by atoms with Gasteiger partial charge in [0, 0.05) is 25.0 Å². The van der Waals surface area contributed by atoms with E-state index < -0.39 is 0 Å². The van der Waals surface area contributed by atoms with Crippen molar-refractivity contribution in [3.05, 3.63) is 35.4 Å². The molecule has 2 aliphatic rings. The van der Waals surface area contributed by atoms with E-state index in [0.717, 1.165) is 38.8 Å². The molecule has 1 aromatic rings. The van der Waals surface area contributed by atoms with Crippen molar-refractivity contribution in [2.45, 2.75) is 31.7 Å². The van der Waals surface area contributed by atoms with E-state index >= 15 is 0 Å². The van der Waals surface area contributed by atoms with Crippen molar-refractivity contribution in [3.63, 3.8) is 0 Å². The molecular formula is C17H21N3O. The third-order valence-corrected chi connectivity index (χ3v) is 4.65. The van der Waals surface area contributed by atoms with Gasteiger partial charge in [0.15, 0.2) is 0 Å². The van der Waals surface area contributed by atoms with Gasteiger partial charge in [-0.25, -0.2) is 0 Å². The van der Waals surface area contributed by atoms with Crippen LogP contribution < -0.4 is 5.32 Å². The quantitative estimate of drug-likeness (QED) is 0.855. The summed E-state index contributed by atoms with van der Waals surface area (Å²) in [6.45, 7) is 2.31. The van der Waals surface area contributed by atoms with Crippen LogP contribution in [0.5, 0.6) is 0 Å². The molecule has 21 heavy (non-hydrogen) atoms. The van der Waals surface area contributed by atoms with E-state index in [-0.39, 0.29) is 17.9 Å². The van der Waals surface area contributed by atoms with Crippen molar-refractivity contribution in [1.82, 2.24) is 10.2 Å². The van der Waals surface area contributed by atoms with Gasteiger partial charge in [0.05, 0.1) is 12.6 Å². The van der Waals surface area contributed by atoms with Crippen molar-refractivity contribution in [3.8, 4) is 6.07 Å². The fraction of sp³-hybridized carbons (Fsp3) is 0.529. The van der Waals surface area contributed by atoms with Crippen LogP contribution in [-0.4, -0.2) is 36.5 Å². The molecule has 1 amide bonds. The molecule has 0 atom stereocenters. The summed E-state index contributed by atoms with van der Waals surface area (Å²) in [5, 5.41) is 11.9. The number of hydrogen-bond acceptors (Lipinski definition) is 3. The van der Waals surface area contributed by atoms with E-state index in [1.807, 2.05) is 12.1 Å². The second-order valence-corrected chi connectivity index (χ2v) is 6.09. The van der Waals surface area contributed by atoms with E-state index in [1.165, 1.54) is 11.1 Å². The fourth-order valence-electron chi connectivity index (χ4n) is 3.40. The summed E-state index contributed by atoms with van der Waals surface area (Å²) >= 11 is 0. The summed E-state index contributed by atoms with van der Waals surface area (Å²) in [5.41, 5.74) is 2.64. The summed E-state index contributed by atoms with van der Waals surface area (Å²) in [5.74, 6) is 0.296. The van der Waals surface area contributed by atoms with Gasteiger partial charge in [-0.15, -0.1) is 0 Å². The van der Waals surface area contributed by atoms with Crippen LogP contribution in [0.15, 0.2) is 24.3 Å². The molecule has 0 bridgehead atoms. The zero-order chi connectivity index (χ0) is 14.7. The molecule has 1 aliphatic carbocycles. The number of benzene rings is 1. The standard InChI is InChI=1S/C17H21N3O/c18-7-10-20-8-5-16(6-9-20)19-17(21)15-11-13-3-1-2-4-14(13)12-15/h1-4,15-16H,5-6,8-12H2,(H,19,21). The molecule has 1 aromatic carbocycles. The van der Waals surface area contributed by atoms with Gasteiger partial charge in [0.1, 0.15) is 0 Å². The number of fused-ring (bicyclic) bond motifs is 1. The first-order valence-electron chi connectivity index (χ1n) is 7.72. The second kappa shape index (κ2) is 6.28. The van der Waals surface area contributed by atoms with Crippen LogP contribution in [-0.2, 0) is 17.6 Å². The minimum absolute atomic E-state index is 0.0968. The van der Waals surface area contributed by atoms with Crippen LogP contribution in [0.2, 0.25) is 0 Å². The number of likely N-dealkylation sites (tertiary alicyclic amines) is 1. The lowest BCUT2D eigenvalue weighted by Gasteiger charge is -2.31. The van der Waals surface area contributed by atoms with Crippen molar-refractivity contribution in [2.75, 3.05) is 19.6 Å². The Morgan fingerprint density at radius 3 is 2.43 bits per heavy atom. The van der Waals surface area contributed by atoms with Gasteiger partial charge in [-0.2, -0.15) is 5.26 Å². The Kier molecular flexibility index (Phi) is 4.21. The van der Waals surface area contributed by atoms with Gasteiger partial charge in [0.2, 0.25) is 5.91 Å². The van der Waals surface area contributed by atoms with Gasteiger partial charge in [-0.05, 0) is 36.8 Å². The molecule has 4 nitrogen and oxygen atoms in total. The predicted octanol–water partition coefficient (Wildman–Crippen LogP) is 1.51. The van der Waals surface area contributed by atoms with Crippen LogP contribution in [0.1, 0.15) is 24.0 Å². The maximum Gasteiger partial charge on any atom is 0.223 e. The molecule has 1 fully saturated rings. The molecule has 0 radical (unpaired) electrons. The number of nitriles is 1. The van der Waals surface area contributed by atoms with E-state index in [2.05, 4.69) is 28.4 Å². The zero-order valence-corrected chi connectivity index (χ0v) is 12.2. The van der Waals surface area contributed by atoms with Crippen LogP contribution in [0, 0.1) is 17.2 Å². The largest absolute Gasteiger partial charge is 0.353 e. The Balaban J connectivity index is 1.49. The predicted molar refractivity (Wildman–Crippen MR) is 80.6 cm³/mol. The Morgan fingerprint density at radius 1 is 1.24 bits per heavy atom. The van der Waals surface area contributed by atoms with Crippen molar-refractivity contribution in [2.24, 2.45) is 5.92 Å². The summed E-state index contributed by atoms with van der Waals surface area (Å²) in [7, 11) is 0. The Hall–Kier alpha value is -1.86. The van der Waals surface area contributed by atoms with Crippen LogP contribution in [0.25, 0.3) is 0 Å². The molecular weight excluding hydrogens is 262 g/mol. The minimum atomic E-state index is 0.0968. The lowest BCUT2D eigenvalue weighted by molar-refractivity contribution is -0.125. The third kappa shape index (κ3) is 3.25. The normalized spacial score (nSPS) is 20.0. The number of piperidine rings is 1. The van der Waals surface area contributed by atoms with Crippen LogP contribution >= 0.6 is 0 Å². The molecule has 3 rings (SSSR count). The maximum absolute atomic E-state index is 12.4. The van der Waals surface area contributed by atoms with E-state index in [0.29, 0.717) is 6.54 Å². The smallest absolute Gasteiger partial charge is 0.223 e. The number of hydrogen-bond donors (Lipinski definition) is 1. The summed E-state index contributed by atoms with van der Waals surface area (Å²) in [6.07, 6.45) is 3.64. The molecule has 1 N–H and O–H groups in total. The SMILES string of the molecule is N#CCN1CCC(NC(=O)C2Cc3ccccc3C2)CC1. The lowest BCUT2D eigenvalue weighted by atomic mass is 10.0. The van der Waals surface area contributed by atoms with Crippen LogP contribution in [0.3, 0.4) is 0 Å². The number of rotatable bonds is 3. The maximum atomic E-state index is 12.4. The van der Waals surface area contributed by atoms with Gasteiger partial charge in [-0.1, -0.05) is 24.3 Å². The highest BCUT2D eigenvalue weighted by Gasteiger charge is 2.29. The first-order chi connectivity index (χ1) is 10.3. The summed E-state index contributed by atoms with van der Waals surface area (Å²) in [6, 6.07) is 10.8. The number of nitrogens with zero attached hydrogens (tertiary/aromatic N) is 2. The Morgan fingerprint density at radius 2 is 1.86 bits per heavy atom. The van der Waals surface area contributed by atoms with Gasteiger partial charge in [0.25, 0.3) is 0 Å². The average Bonchev–Trinajstić information content (AvgIpc) is 2.94. The van der Waals surface area contributed by atoms with Crippen molar-refractivity contribution < 1.29 is 4.79 Å². The van der Waals surface area contributed by atoms with Crippen LogP contribution in [0.4, 0.5) is 0 Å². The third-order valence-electron chi connectivity index (χ3n) is 4.65. The Labute approximate surface area is 125 Å². The van der Waals surface area contributed by atoms with E-state index in [4.69, 9.17) is 5.26 Å². The molecule has 0 spiro atoms. The molecule has 0 aromatic heterocycles. The minimum Gasteiger partial charge on any atom is -0.353 e. The lowest BCUT2D eigenvalue weighted by Crippen LogP contribution is -2.46. The summed E-state index contributed by atoms with van der Waals surface area (Å²) in [4.78, 5) is 14.6. The highest BCUT2D eigenvalue weighted by Crippen LogP contribution is 2.26. The van der Waals surface area contributed by atoms with Crippen molar-refractivity contribution >= 4 is 5.91 Å².